The Labute approximate surface area is 45.2 Å². The minimum absolute atomic E-state index is 0.581. The third kappa shape index (κ3) is 3.50. The van der Waals surface area contributed by atoms with Crippen molar-refractivity contribution in [2.24, 2.45) is 5.92 Å². The summed E-state index contributed by atoms with van der Waals surface area (Å²) in [7, 11) is 0. The van der Waals surface area contributed by atoms with Gasteiger partial charge in [-0.05, 0) is 25.0 Å². The first-order valence-corrected chi connectivity index (χ1v) is 2.59. The summed E-state index contributed by atoms with van der Waals surface area (Å²) in [6, 6.07) is 0. The van der Waals surface area contributed by atoms with Crippen LogP contribution in [0.3, 0.4) is 0 Å². The van der Waals surface area contributed by atoms with Crippen LogP contribution in [0.4, 0.5) is 0 Å². The van der Waals surface area contributed by atoms with Crippen molar-refractivity contribution in [1.82, 2.24) is 0 Å². The van der Waals surface area contributed by atoms with Crippen LogP contribution in [-0.2, 0) is 0 Å². The highest BCUT2D eigenvalue weighted by Crippen LogP contribution is 2.00. The zero-order valence-electron chi connectivity index (χ0n) is 4.94. The average molecular weight is 98.2 g/mol. The van der Waals surface area contributed by atoms with Crippen LogP contribution in [0.25, 0.3) is 0 Å². The van der Waals surface area contributed by atoms with E-state index in [9.17, 15) is 0 Å². The molecule has 7 heavy (non-hydrogen) atoms. The van der Waals surface area contributed by atoms with E-state index in [0.29, 0.717) is 5.92 Å². The molecule has 1 heteroatoms. The van der Waals surface area contributed by atoms with Crippen LogP contribution < -0.4 is 0 Å². The third-order valence-electron chi connectivity index (χ3n) is 1.06. The van der Waals surface area contributed by atoms with Crippen LogP contribution in [0.1, 0.15) is 20.3 Å². The second-order valence-corrected chi connectivity index (χ2v) is 1.75. The number of rotatable bonds is 3. The van der Waals surface area contributed by atoms with Crippen molar-refractivity contribution in [3.8, 4) is 0 Å². The smallest absolute Gasteiger partial charge is 0.00450 e. The summed E-state index contributed by atoms with van der Waals surface area (Å²) in [5.41, 5.74) is 0. The predicted octanol–water partition coefficient (Wildman–Crippen LogP) is 1.89. The summed E-state index contributed by atoms with van der Waals surface area (Å²) in [6.07, 6.45) is 4.44. The van der Waals surface area contributed by atoms with E-state index in [4.69, 9.17) is 5.41 Å². The summed E-state index contributed by atoms with van der Waals surface area (Å²) in [6.45, 7) is 4.12. The molecule has 0 amide bonds. The van der Waals surface area contributed by atoms with Crippen molar-refractivity contribution in [2.75, 3.05) is 0 Å². The molecule has 0 fully saturated rings. The van der Waals surface area contributed by atoms with Crippen molar-refractivity contribution in [3.63, 3.8) is 0 Å². The van der Waals surface area contributed by atoms with Crippen molar-refractivity contribution in [2.45, 2.75) is 20.3 Å². The maximum absolute atomic E-state index is 6.69. The molecule has 0 spiro atoms. The van der Waals surface area contributed by atoms with Crippen LogP contribution in [-0.4, -0.2) is 6.21 Å². The van der Waals surface area contributed by atoms with Gasteiger partial charge in [-0.25, -0.2) is 0 Å². The summed E-state index contributed by atoms with van der Waals surface area (Å²) < 4.78 is 0. The average Bonchev–Trinajstić information content (AvgIpc) is 1.68. The van der Waals surface area contributed by atoms with Crippen molar-refractivity contribution in [3.05, 3.63) is 6.42 Å². The fraction of sp³-hybridized carbons (Fsp3) is 0.667. The Kier molecular flexibility index (Phi) is 3.67. The topological polar surface area (TPSA) is 23.9 Å². The molecule has 0 aliphatic rings. The molecule has 0 rings (SSSR count). The van der Waals surface area contributed by atoms with Crippen LogP contribution >= 0.6 is 0 Å². The van der Waals surface area contributed by atoms with Crippen LogP contribution in [0.2, 0.25) is 0 Å². The Bertz CT molecular complexity index is 50.1. The number of hydrogen-bond acceptors (Lipinski definition) is 1. The van der Waals surface area contributed by atoms with Gasteiger partial charge in [-0.15, -0.1) is 0 Å². The van der Waals surface area contributed by atoms with Crippen molar-refractivity contribution >= 4 is 6.21 Å². The van der Waals surface area contributed by atoms with Gasteiger partial charge in [0.05, 0.1) is 0 Å². The van der Waals surface area contributed by atoms with E-state index in [1.54, 1.807) is 0 Å². The predicted molar refractivity (Wildman–Crippen MR) is 32.5 cm³/mol. The lowest BCUT2D eigenvalue weighted by molar-refractivity contribution is 0.714. The summed E-state index contributed by atoms with van der Waals surface area (Å²) >= 11 is 0. The highest BCUT2D eigenvalue weighted by molar-refractivity contribution is 5.53. The zero-order valence-corrected chi connectivity index (χ0v) is 4.94. The van der Waals surface area contributed by atoms with Crippen LogP contribution in [0.5, 0.6) is 0 Å². The highest BCUT2D eigenvalue weighted by Gasteiger charge is 1.91. The molecule has 0 aliphatic carbocycles. The number of nitrogens with one attached hydrogen (secondary N) is 1. The van der Waals surface area contributed by atoms with E-state index in [0.717, 1.165) is 6.42 Å². The quantitative estimate of drug-likeness (QED) is 0.521. The van der Waals surface area contributed by atoms with Crippen LogP contribution in [0.15, 0.2) is 0 Å². The fourth-order valence-electron chi connectivity index (χ4n) is 0.322. The van der Waals surface area contributed by atoms with E-state index in [2.05, 4.69) is 13.3 Å². The maximum atomic E-state index is 6.69. The minimum Gasteiger partial charge on any atom is -0.313 e. The second-order valence-electron chi connectivity index (χ2n) is 1.75. The second kappa shape index (κ2) is 3.85. The molecule has 0 aliphatic heterocycles. The Morgan fingerprint density at radius 1 is 1.71 bits per heavy atom. The molecular weight excluding hydrogens is 86.1 g/mol. The largest absolute Gasteiger partial charge is 0.313 e. The molecule has 0 heterocycles. The van der Waals surface area contributed by atoms with E-state index in [-0.39, 0.29) is 0 Å². The van der Waals surface area contributed by atoms with Gasteiger partial charge in [0.25, 0.3) is 0 Å². The van der Waals surface area contributed by atoms with Gasteiger partial charge >= 0.3 is 0 Å². The van der Waals surface area contributed by atoms with Crippen molar-refractivity contribution < 1.29 is 0 Å². The van der Waals surface area contributed by atoms with E-state index in [1.807, 2.05) is 6.92 Å². The summed E-state index contributed by atoms with van der Waals surface area (Å²) in [4.78, 5) is 0. The molecule has 0 aromatic carbocycles. The summed E-state index contributed by atoms with van der Waals surface area (Å²) in [5, 5.41) is 6.69. The molecule has 0 aromatic rings. The van der Waals surface area contributed by atoms with Crippen molar-refractivity contribution in [1.29, 1.82) is 5.41 Å². The molecule has 0 unspecified atom stereocenters. The molecule has 0 aromatic heterocycles. The maximum Gasteiger partial charge on any atom is -0.00450 e. The molecule has 1 N–H and O–H groups in total. The molecule has 0 bridgehead atoms. The molecule has 1 radical (unpaired) electrons. The van der Waals surface area contributed by atoms with Gasteiger partial charge in [-0.2, -0.15) is 0 Å². The minimum atomic E-state index is 0.581. The van der Waals surface area contributed by atoms with E-state index >= 15 is 0 Å². The molecule has 1 atom stereocenters. The first kappa shape index (κ1) is 6.67. The SMILES string of the molecule is C[CH][C@H](C)CC=N. The monoisotopic (exact) mass is 98.1 g/mol. The van der Waals surface area contributed by atoms with Gasteiger partial charge in [0.15, 0.2) is 0 Å². The Morgan fingerprint density at radius 2 is 2.29 bits per heavy atom. The van der Waals surface area contributed by atoms with Gasteiger partial charge in [0.2, 0.25) is 0 Å². The van der Waals surface area contributed by atoms with Gasteiger partial charge in [-0.3, -0.25) is 0 Å². The van der Waals surface area contributed by atoms with Crippen LogP contribution in [0, 0.1) is 17.7 Å². The van der Waals surface area contributed by atoms with Gasteiger partial charge < -0.3 is 5.41 Å². The molecule has 0 saturated carbocycles. The zero-order chi connectivity index (χ0) is 5.70. The molecule has 1 nitrogen and oxygen atoms in total. The molecule has 0 saturated heterocycles. The Morgan fingerprint density at radius 3 is 2.43 bits per heavy atom. The van der Waals surface area contributed by atoms with Gasteiger partial charge in [0, 0.05) is 0 Å². The third-order valence-corrected chi connectivity index (χ3v) is 1.06. The first-order valence-electron chi connectivity index (χ1n) is 2.59. The van der Waals surface area contributed by atoms with E-state index < -0.39 is 0 Å². The normalized spacial score (nSPS) is 13.4. The molecule has 41 valence electrons. The lowest BCUT2D eigenvalue weighted by atomic mass is 10.1. The first-order chi connectivity index (χ1) is 3.31. The van der Waals surface area contributed by atoms with E-state index in [1.165, 1.54) is 6.21 Å². The number of hydrogen-bond donors (Lipinski definition) is 1. The standard InChI is InChI=1S/C6H12N/c1-3-6(2)4-5-7/h3,5-7H,4H2,1-2H3/t6-/m0/s1. The molecular formula is C6H12N. The fourth-order valence-corrected chi connectivity index (χ4v) is 0.322. The Hall–Kier alpha value is -0.330. The Balaban J connectivity index is 2.98. The van der Waals surface area contributed by atoms with Gasteiger partial charge in [0.1, 0.15) is 0 Å². The lowest BCUT2D eigenvalue weighted by Gasteiger charge is -1.98. The van der Waals surface area contributed by atoms with Gasteiger partial charge in [-0.1, -0.05) is 13.8 Å². The highest BCUT2D eigenvalue weighted by atomic mass is 14.3. The lowest BCUT2D eigenvalue weighted by Crippen LogP contribution is -1.91. The summed E-state index contributed by atoms with van der Waals surface area (Å²) in [5.74, 6) is 0.581.